The molecule has 2 N–H and O–H groups in total. The van der Waals surface area contributed by atoms with E-state index < -0.39 is 0 Å². The van der Waals surface area contributed by atoms with Gasteiger partial charge in [0.15, 0.2) is 0 Å². The SMILES string of the molecule is Cc1nc2ccc(CC(=O)NC3(CN4CCCC4)CCCCC3)cc2[nH]1. The lowest BCUT2D eigenvalue weighted by atomic mass is 9.81. The van der Waals surface area contributed by atoms with Crippen LogP contribution in [0.2, 0.25) is 0 Å². The fourth-order valence-electron chi connectivity index (χ4n) is 4.74. The number of rotatable bonds is 5. The lowest BCUT2D eigenvalue weighted by Gasteiger charge is -2.41. The third-order valence-corrected chi connectivity index (χ3v) is 5.97. The number of carbonyl (C=O) groups excluding carboxylic acids is 1. The van der Waals surface area contributed by atoms with Crippen molar-refractivity contribution in [3.63, 3.8) is 0 Å². The first-order chi connectivity index (χ1) is 12.6. The fraction of sp³-hybridized carbons (Fsp3) is 0.619. The summed E-state index contributed by atoms with van der Waals surface area (Å²) in [7, 11) is 0. The summed E-state index contributed by atoms with van der Waals surface area (Å²) >= 11 is 0. The second kappa shape index (κ2) is 7.39. The number of carbonyl (C=O) groups is 1. The summed E-state index contributed by atoms with van der Waals surface area (Å²) in [5, 5.41) is 3.45. The molecule has 0 bridgehead atoms. The molecular weight excluding hydrogens is 324 g/mol. The average Bonchev–Trinajstić information content (AvgIpc) is 3.23. The van der Waals surface area contributed by atoms with E-state index in [1.165, 1.54) is 45.2 Å². The molecule has 1 aliphatic carbocycles. The molecule has 2 aromatic rings. The van der Waals surface area contributed by atoms with Gasteiger partial charge >= 0.3 is 0 Å². The predicted octanol–water partition coefficient (Wildman–Crippen LogP) is 3.33. The van der Waals surface area contributed by atoms with Crippen molar-refractivity contribution in [3.05, 3.63) is 29.6 Å². The summed E-state index contributed by atoms with van der Waals surface area (Å²) in [5.41, 5.74) is 3.00. The zero-order chi connectivity index (χ0) is 18.0. The normalized spacial score (nSPS) is 20.5. The smallest absolute Gasteiger partial charge is 0.224 e. The largest absolute Gasteiger partial charge is 0.349 e. The minimum absolute atomic E-state index is 0.0195. The maximum absolute atomic E-state index is 12.8. The second-order valence-electron chi connectivity index (χ2n) is 8.22. The Labute approximate surface area is 155 Å². The molecule has 0 radical (unpaired) electrons. The summed E-state index contributed by atoms with van der Waals surface area (Å²) < 4.78 is 0. The van der Waals surface area contributed by atoms with Crippen LogP contribution in [0.5, 0.6) is 0 Å². The minimum Gasteiger partial charge on any atom is -0.349 e. The molecule has 26 heavy (non-hydrogen) atoms. The summed E-state index contributed by atoms with van der Waals surface area (Å²) in [6, 6.07) is 6.08. The number of hydrogen-bond donors (Lipinski definition) is 2. The maximum Gasteiger partial charge on any atom is 0.224 e. The number of aromatic nitrogens is 2. The fourth-order valence-corrected chi connectivity index (χ4v) is 4.74. The molecule has 2 fully saturated rings. The van der Waals surface area contributed by atoms with Crippen LogP contribution in [0.1, 0.15) is 56.3 Å². The van der Waals surface area contributed by atoms with Gasteiger partial charge < -0.3 is 15.2 Å². The number of aromatic amines is 1. The van der Waals surface area contributed by atoms with Crippen molar-refractivity contribution < 1.29 is 4.79 Å². The quantitative estimate of drug-likeness (QED) is 0.866. The molecule has 5 heteroatoms. The van der Waals surface area contributed by atoms with E-state index in [2.05, 4.69) is 26.3 Å². The molecule has 1 aromatic heterocycles. The van der Waals surface area contributed by atoms with E-state index in [0.29, 0.717) is 6.42 Å². The van der Waals surface area contributed by atoms with Gasteiger partial charge in [0.05, 0.1) is 23.0 Å². The molecule has 140 valence electrons. The number of fused-ring (bicyclic) bond motifs is 1. The van der Waals surface area contributed by atoms with Crippen molar-refractivity contribution in [3.8, 4) is 0 Å². The van der Waals surface area contributed by atoms with Crippen molar-refractivity contribution in [1.29, 1.82) is 0 Å². The van der Waals surface area contributed by atoms with Crippen LogP contribution in [0.4, 0.5) is 0 Å². The van der Waals surface area contributed by atoms with Gasteiger partial charge in [-0.2, -0.15) is 0 Å². The van der Waals surface area contributed by atoms with Crippen LogP contribution in [0, 0.1) is 6.92 Å². The van der Waals surface area contributed by atoms with Crippen LogP contribution in [0.25, 0.3) is 11.0 Å². The third-order valence-electron chi connectivity index (χ3n) is 5.97. The molecule has 2 heterocycles. The Bertz CT molecular complexity index is 769. The van der Waals surface area contributed by atoms with Gasteiger partial charge in [0.2, 0.25) is 5.91 Å². The Hall–Kier alpha value is -1.88. The second-order valence-corrected chi connectivity index (χ2v) is 8.22. The molecule has 1 amide bonds. The first kappa shape index (κ1) is 17.5. The zero-order valence-electron chi connectivity index (χ0n) is 15.8. The van der Waals surface area contributed by atoms with Crippen LogP contribution in [-0.4, -0.2) is 45.9 Å². The highest BCUT2D eigenvalue weighted by atomic mass is 16.1. The summed E-state index contributed by atoms with van der Waals surface area (Å²) in [6.45, 7) is 5.36. The topological polar surface area (TPSA) is 61.0 Å². The Balaban J connectivity index is 1.44. The van der Waals surface area contributed by atoms with Crippen molar-refractivity contribution in [1.82, 2.24) is 20.2 Å². The number of imidazole rings is 1. The van der Waals surface area contributed by atoms with Gasteiger partial charge in [0.1, 0.15) is 5.82 Å². The molecular formula is C21H30N4O. The third kappa shape index (κ3) is 3.93. The molecule has 0 unspecified atom stereocenters. The molecule has 4 rings (SSSR count). The predicted molar refractivity (Wildman–Crippen MR) is 104 cm³/mol. The minimum atomic E-state index is -0.0195. The molecule has 0 spiro atoms. The Morgan fingerprint density at radius 1 is 1.19 bits per heavy atom. The molecule has 0 atom stereocenters. The number of amides is 1. The summed E-state index contributed by atoms with van der Waals surface area (Å²) in [4.78, 5) is 23.1. The van der Waals surface area contributed by atoms with E-state index in [0.717, 1.165) is 41.8 Å². The molecule has 5 nitrogen and oxygen atoms in total. The van der Waals surface area contributed by atoms with Crippen LogP contribution in [0.3, 0.4) is 0 Å². The van der Waals surface area contributed by atoms with E-state index in [1.54, 1.807) is 0 Å². The van der Waals surface area contributed by atoms with Crippen LogP contribution >= 0.6 is 0 Å². The van der Waals surface area contributed by atoms with Crippen molar-refractivity contribution in [2.75, 3.05) is 19.6 Å². The summed E-state index contributed by atoms with van der Waals surface area (Å²) in [5.74, 6) is 1.06. The highest BCUT2D eigenvalue weighted by Gasteiger charge is 2.35. The van der Waals surface area contributed by atoms with Gasteiger partial charge in [-0.1, -0.05) is 25.3 Å². The number of hydrogen-bond acceptors (Lipinski definition) is 3. The molecule has 1 aliphatic heterocycles. The number of H-pyrrole nitrogens is 1. The number of benzene rings is 1. The van der Waals surface area contributed by atoms with Crippen LogP contribution in [0.15, 0.2) is 18.2 Å². The van der Waals surface area contributed by atoms with Crippen molar-refractivity contribution in [2.45, 2.75) is 63.8 Å². The Kier molecular flexibility index (Phi) is 4.98. The first-order valence-electron chi connectivity index (χ1n) is 10.1. The van der Waals surface area contributed by atoms with Gasteiger partial charge in [0, 0.05) is 6.54 Å². The Morgan fingerprint density at radius 3 is 2.73 bits per heavy atom. The van der Waals surface area contributed by atoms with Gasteiger partial charge in [-0.25, -0.2) is 4.98 Å². The standard InChI is InChI=1S/C21H30N4O/c1-16-22-18-8-7-17(13-19(18)23-16)14-20(26)24-21(9-3-2-4-10-21)15-25-11-5-6-12-25/h7-8,13H,2-6,9-12,14-15H2,1H3,(H,22,23)(H,24,26). The Morgan fingerprint density at radius 2 is 1.96 bits per heavy atom. The van der Waals surface area contributed by atoms with Gasteiger partial charge in [-0.15, -0.1) is 0 Å². The maximum atomic E-state index is 12.8. The molecule has 1 saturated heterocycles. The monoisotopic (exact) mass is 354 g/mol. The van der Waals surface area contributed by atoms with E-state index >= 15 is 0 Å². The number of aryl methyl sites for hydroxylation is 1. The van der Waals surface area contributed by atoms with Crippen LogP contribution < -0.4 is 5.32 Å². The van der Waals surface area contributed by atoms with Crippen molar-refractivity contribution in [2.24, 2.45) is 0 Å². The number of nitrogens with zero attached hydrogens (tertiary/aromatic N) is 2. The number of likely N-dealkylation sites (tertiary alicyclic amines) is 1. The molecule has 1 aromatic carbocycles. The first-order valence-corrected chi connectivity index (χ1v) is 10.1. The van der Waals surface area contributed by atoms with Crippen molar-refractivity contribution >= 4 is 16.9 Å². The number of nitrogens with one attached hydrogen (secondary N) is 2. The van der Waals surface area contributed by atoms with E-state index in [9.17, 15) is 4.79 Å². The highest BCUT2D eigenvalue weighted by Crippen LogP contribution is 2.30. The molecule has 2 aliphatic rings. The molecule has 1 saturated carbocycles. The van der Waals surface area contributed by atoms with Gasteiger partial charge in [-0.05, 0) is 63.4 Å². The van der Waals surface area contributed by atoms with E-state index in [4.69, 9.17) is 0 Å². The van der Waals surface area contributed by atoms with E-state index in [1.807, 2.05) is 19.1 Å². The van der Waals surface area contributed by atoms with E-state index in [-0.39, 0.29) is 11.4 Å². The lowest BCUT2D eigenvalue weighted by Crippen LogP contribution is -2.56. The van der Waals surface area contributed by atoms with Gasteiger partial charge in [-0.3, -0.25) is 4.79 Å². The highest BCUT2D eigenvalue weighted by molar-refractivity contribution is 5.82. The zero-order valence-corrected chi connectivity index (χ0v) is 15.8. The van der Waals surface area contributed by atoms with Gasteiger partial charge in [0.25, 0.3) is 0 Å². The lowest BCUT2D eigenvalue weighted by molar-refractivity contribution is -0.123. The van der Waals surface area contributed by atoms with Crippen LogP contribution in [-0.2, 0) is 11.2 Å². The average molecular weight is 354 g/mol. The summed E-state index contributed by atoms with van der Waals surface area (Å²) in [6.07, 6.45) is 9.04.